The number of fused-ring (bicyclic) bond motifs is 1. The van der Waals surface area contributed by atoms with Crippen LogP contribution in [-0.2, 0) is 4.87 Å². The van der Waals surface area contributed by atoms with Crippen LogP contribution in [0.15, 0.2) is 54.6 Å². The second-order valence-electron chi connectivity index (χ2n) is 4.90. The number of halogens is 2. The van der Waals surface area contributed by atoms with Gasteiger partial charge in [0.15, 0.2) is 5.78 Å². The maximum absolute atomic E-state index is 12.5. The Morgan fingerprint density at radius 3 is 2.16 bits per heavy atom. The van der Waals surface area contributed by atoms with Crippen LogP contribution < -0.4 is 0 Å². The standard InChI is InChI=1S/C16H12Cl2O/c1-15(17)14(19)12-9-5-6-10-13(12)16(15,18)11-7-3-2-4-8-11/h2-10H,1H3. The highest BCUT2D eigenvalue weighted by molar-refractivity contribution is 6.48. The molecule has 0 saturated heterocycles. The minimum Gasteiger partial charge on any atom is -0.292 e. The van der Waals surface area contributed by atoms with E-state index in [0.717, 1.165) is 11.1 Å². The number of Topliss-reactive ketones (excluding diaryl/α,β-unsaturated/α-hetero) is 1. The second-order valence-corrected chi connectivity index (χ2v) is 6.23. The third-order valence-corrected chi connectivity index (χ3v) is 5.14. The van der Waals surface area contributed by atoms with E-state index in [2.05, 4.69) is 0 Å². The monoisotopic (exact) mass is 290 g/mol. The molecule has 0 heterocycles. The molecule has 0 fully saturated rings. The zero-order valence-corrected chi connectivity index (χ0v) is 11.9. The van der Waals surface area contributed by atoms with Crippen molar-refractivity contribution in [3.05, 3.63) is 71.3 Å². The molecule has 96 valence electrons. The molecular weight excluding hydrogens is 279 g/mol. The van der Waals surface area contributed by atoms with Gasteiger partial charge in [-0.2, -0.15) is 0 Å². The second kappa shape index (κ2) is 4.09. The average molecular weight is 291 g/mol. The van der Waals surface area contributed by atoms with Crippen LogP contribution in [0.4, 0.5) is 0 Å². The zero-order valence-electron chi connectivity index (χ0n) is 10.4. The Bertz CT molecular complexity index is 649. The van der Waals surface area contributed by atoms with E-state index < -0.39 is 9.75 Å². The fourth-order valence-corrected chi connectivity index (χ4v) is 3.43. The molecule has 1 aliphatic rings. The summed E-state index contributed by atoms with van der Waals surface area (Å²) in [6.45, 7) is 1.69. The molecule has 3 rings (SSSR count). The number of carbonyl (C=O) groups is 1. The summed E-state index contributed by atoms with van der Waals surface area (Å²) < 4.78 is 0. The van der Waals surface area contributed by atoms with Gasteiger partial charge in [0.2, 0.25) is 0 Å². The van der Waals surface area contributed by atoms with Gasteiger partial charge in [0.1, 0.15) is 9.75 Å². The van der Waals surface area contributed by atoms with Crippen LogP contribution in [0.1, 0.15) is 28.4 Å². The van der Waals surface area contributed by atoms with Crippen LogP contribution in [-0.4, -0.2) is 10.7 Å². The molecule has 1 aliphatic carbocycles. The summed E-state index contributed by atoms with van der Waals surface area (Å²) >= 11 is 13.4. The number of alkyl halides is 2. The number of rotatable bonds is 1. The number of hydrogen-bond donors (Lipinski definition) is 0. The quantitative estimate of drug-likeness (QED) is 0.713. The van der Waals surface area contributed by atoms with Crippen molar-refractivity contribution < 1.29 is 4.79 Å². The van der Waals surface area contributed by atoms with Gasteiger partial charge in [0.25, 0.3) is 0 Å². The van der Waals surface area contributed by atoms with Crippen molar-refractivity contribution in [2.75, 3.05) is 0 Å². The molecule has 0 N–H and O–H groups in total. The van der Waals surface area contributed by atoms with E-state index in [4.69, 9.17) is 23.2 Å². The van der Waals surface area contributed by atoms with Gasteiger partial charge in [-0.05, 0) is 18.1 Å². The minimum absolute atomic E-state index is 0.122. The predicted octanol–water partition coefficient (Wildman–Crippen LogP) is 4.36. The first kappa shape index (κ1) is 12.7. The lowest BCUT2D eigenvalue weighted by Gasteiger charge is -2.33. The van der Waals surface area contributed by atoms with Crippen molar-refractivity contribution in [2.24, 2.45) is 0 Å². The highest BCUT2D eigenvalue weighted by Crippen LogP contribution is 2.56. The van der Waals surface area contributed by atoms with Gasteiger partial charge < -0.3 is 0 Å². The molecule has 2 unspecified atom stereocenters. The van der Waals surface area contributed by atoms with Gasteiger partial charge in [-0.3, -0.25) is 4.79 Å². The molecule has 2 atom stereocenters. The lowest BCUT2D eigenvalue weighted by molar-refractivity contribution is 0.0950. The fraction of sp³-hybridized carbons (Fsp3) is 0.188. The molecule has 0 saturated carbocycles. The largest absolute Gasteiger partial charge is 0.292 e. The number of ketones is 1. The Hall–Kier alpha value is -1.31. The summed E-state index contributed by atoms with van der Waals surface area (Å²) in [5.74, 6) is -0.122. The van der Waals surface area contributed by atoms with Crippen molar-refractivity contribution in [3.63, 3.8) is 0 Å². The van der Waals surface area contributed by atoms with E-state index in [-0.39, 0.29) is 5.78 Å². The Morgan fingerprint density at radius 1 is 0.895 bits per heavy atom. The van der Waals surface area contributed by atoms with Gasteiger partial charge in [-0.25, -0.2) is 0 Å². The maximum Gasteiger partial charge on any atom is 0.186 e. The Labute approximate surface area is 122 Å². The molecule has 0 aliphatic heterocycles. The molecule has 2 aromatic rings. The molecule has 0 amide bonds. The molecule has 1 nitrogen and oxygen atoms in total. The van der Waals surface area contributed by atoms with E-state index >= 15 is 0 Å². The van der Waals surface area contributed by atoms with Crippen LogP contribution in [0.2, 0.25) is 0 Å². The van der Waals surface area contributed by atoms with Gasteiger partial charge in [0, 0.05) is 5.56 Å². The SMILES string of the molecule is CC1(Cl)C(=O)c2ccccc2C1(Cl)c1ccccc1. The van der Waals surface area contributed by atoms with E-state index in [1.165, 1.54) is 0 Å². The molecule has 0 bridgehead atoms. The Balaban J connectivity index is 2.34. The average Bonchev–Trinajstić information content (AvgIpc) is 2.60. The van der Waals surface area contributed by atoms with Crippen molar-refractivity contribution in [1.82, 2.24) is 0 Å². The number of benzene rings is 2. The first-order chi connectivity index (χ1) is 8.99. The third kappa shape index (κ3) is 1.52. The molecule has 3 heteroatoms. The predicted molar refractivity (Wildman–Crippen MR) is 78.1 cm³/mol. The number of hydrogen-bond acceptors (Lipinski definition) is 1. The van der Waals surface area contributed by atoms with E-state index in [1.54, 1.807) is 13.0 Å². The van der Waals surface area contributed by atoms with Gasteiger partial charge in [0.05, 0.1) is 0 Å². The fourth-order valence-electron chi connectivity index (χ4n) is 2.74. The van der Waals surface area contributed by atoms with Crippen LogP contribution in [0.3, 0.4) is 0 Å². The summed E-state index contributed by atoms with van der Waals surface area (Å²) in [4.78, 5) is 10.3. The van der Waals surface area contributed by atoms with Crippen LogP contribution in [0, 0.1) is 0 Å². The lowest BCUT2D eigenvalue weighted by Crippen LogP contribution is -2.41. The minimum atomic E-state index is -1.18. The van der Waals surface area contributed by atoms with E-state index in [0.29, 0.717) is 5.56 Å². The summed E-state index contributed by atoms with van der Waals surface area (Å²) in [6.07, 6.45) is 0. The third-order valence-electron chi connectivity index (χ3n) is 3.79. The molecular formula is C16H12Cl2O. The molecule has 0 aromatic heterocycles. The van der Waals surface area contributed by atoms with Crippen molar-refractivity contribution in [3.8, 4) is 0 Å². The molecule has 19 heavy (non-hydrogen) atoms. The summed E-state index contributed by atoms with van der Waals surface area (Å²) in [5, 5.41) is 0. The van der Waals surface area contributed by atoms with E-state index in [1.807, 2.05) is 48.5 Å². The van der Waals surface area contributed by atoms with Crippen LogP contribution >= 0.6 is 23.2 Å². The van der Waals surface area contributed by atoms with Crippen LogP contribution in [0.25, 0.3) is 0 Å². The Morgan fingerprint density at radius 2 is 1.47 bits per heavy atom. The van der Waals surface area contributed by atoms with Crippen LogP contribution in [0.5, 0.6) is 0 Å². The molecule has 0 spiro atoms. The van der Waals surface area contributed by atoms with Crippen molar-refractivity contribution in [1.29, 1.82) is 0 Å². The summed E-state index contributed by atoms with van der Waals surface area (Å²) in [7, 11) is 0. The number of carbonyl (C=O) groups excluding carboxylic acids is 1. The van der Waals surface area contributed by atoms with Gasteiger partial charge >= 0.3 is 0 Å². The maximum atomic E-state index is 12.5. The Kier molecular flexibility index (Phi) is 2.74. The van der Waals surface area contributed by atoms with Gasteiger partial charge in [-0.15, -0.1) is 23.2 Å². The lowest BCUT2D eigenvalue weighted by atomic mass is 9.85. The highest BCUT2D eigenvalue weighted by Gasteiger charge is 2.59. The smallest absolute Gasteiger partial charge is 0.186 e. The zero-order chi connectivity index (χ0) is 13.7. The highest BCUT2D eigenvalue weighted by atomic mass is 35.5. The first-order valence-corrected chi connectivity index (χ1v) is 6.83. The van der Waals surface area contributed by atoms with Gasteiger partial charge in [-0.1, -0.05) is 54.6 Å². The molecule has 2 aromatic carbocycles. The van der Waals surface area contributed by atoms with E-state index in [9.17, 15) is 4.79 Å². The van der Waals surface area contributed by atoms with Crippen molar-refractivity contribution >= 4 is 29.0 Å². The first-order valence-electron chi connectivity index (χ1n) is 6.07. The summed E-state index contributed by atoms with van der Waals surface area (Å²) in [6, 6.07) is 16.9. The molecule has 0 radical (unpaired) electrons. The normalized spacial score (nSPS) is 29.3. The van der Waals surface area contributed by atoms with Crippen molar-refractivity contribution in [2.45, 2.75) is 16.7 Å². The topological polar surface area (TPSA) is 17.1 Å². The summed E-state index contributed by atoms with van der Waals surface area (Å²) in [5.41, 5.74) is 2.23.